The third-order valence-corrected chi connectivity index (χ3v) is 2.66. The van der Waals surface area contributed by atoms with Crippen LogP contribution in [0.25, 0.3) is 0 Å². The van der Waals surface area contributed by atoms with E-state index in [1.165, 1.54) is 18.5 Å². The van der Waals surface area contributed by atoms with Crippen molar-refractivity contribution in [1.82, 2.24) is 15.1 Å². The Kier molecular flexibility index (Phi) is 2.36. The van der Waals surface area contributed by atoms with Gasteiger partial charge in [0.2, 0.25) is 0 Å². The average Bonchev–Trinajstić information content (AvgIpc) is 2.47. The SMILES string of the molecule is Cc1cc(C)n([C@@H]2CCCNC2)n1. The maximum absolute atomic E-state index is 4.51. The van der Waals surface area contributed by atoms with Gasteiger partial charge in [-0.25, -0.2) is 0 Å². The predicted molar refractivity (Wildman–Crippen MR) is 52.8 cm³/mol. The normalized spacial score (nSPS) is 23.4. The molecule has 1 N–H and O–H groups in total. The van der Waals surface area contributed by atoms with Gasteiger partial charge in [0.05, 0.1) is 11.7 Å². The number of rotatable bonds is 1. The molecule has 3 nitrogen and oxygen atoms in total. The van der Waals surface area contributed by atoms with Crippen molar-refractivity contribution in [2.24, 2.45) is 0 Å². The molecule has 0 unspecified atom stereocenters. The molecule has 1 aromatic rings. The van der Waals surface area contributed by atoms with E-state index in [0.29, 0.717) is 6.04 Å². The van der Waals surface area contributed by atoms with E-state index in [2.05, 4.69) is 35.0 Å². The highest BCUT2D eigenvalue weighted by molar-refractivity contribution is 5.08. The lowest BCUT2D eigenvalue weighted by molar-refractivity contribution is 0.341. The van der Waals surface area contributed by atoms with Crippen molar-refractivity contribution in [3.63, 3.8) is 0 Å². The van der Waals surface area contributed by atoms with Crippen molar-refractivity contribution in [3.05, 3.63) is 17.5 Å². The number of hydrogen-bond acceptors (Lipinski definition) is 2. The molecule has 72 valence electrons. The predicted octanol–water partition coefficient (Wildman–Crippen LogP) is 1.42. The van der Waals surface area contributed by atoms with Gasteiger partial charge in [-0.2, -0.15) is 5.10 Å². The summed E-state index contributed by atoms with van der Waals surface area (Å²) in [5, 5.41) is 7.92. The molecule has 1 aliphatic heterocycles. The highest BCUT2D eigenvalue weighted by Gasteiger charge is 2.16. The van der Waals surface area contributed by atoms with Crippen LogP contribution in [0.5, 0.6) is 0 Å². The number of piperidine rings is 1. The Hall–Kier alpha value is -0.830. The molecule has 0 aromatic carbocycles. The molecule has 0 spiro atoms. The minimum absolute atomic E-state index is 0.572. The van der Waals surface area contributed by atoms with Crippen molar-refractivity contribution in [2.45, 2.75) is 32.7 Å². The molecule has 2 rings (SSSR count). The Morgan fingerprint density at radius 3 is 2.92 bits per heavy atom. The number of hydrogen-bond donors (Lipinski definition) is 1. The molecule has 1 aromatic heterocycles. The van der Waals surface area contributed by atoms with Gasteiger partial charge in [0, 0.05) is 12.2 Å². The van der Waals surface area contributed by atoms with Gasteiger partial charge in [0.25, 0.3) is 0 Å². The highest BCUT2D eigenvalue weighted by atomic mass is 15.3. The third kappa shape index (κ3) is 1.75. The standard InChI is InChI=1S/C10H17N3/c1-8-6-9(2)13(12-8)10-4-3-5-11-7-10/h6,10-11H,3-5,7H2,1-2H3/t10-/m1/s1. The molecule has 1 aliphatic rings. The number of nitrogens with one attached hydrogen (secondary N) is 1. The van der Waals surface area contributed by atoms with Gasteiger partial charge in [-0.3, -0.25) is 4.68 Å². The molecule has 0 bridgehead atoms. The van der Waals surface area contributed by atoms with Crippen molar-refractivity contribution in [3.8, 4) is 0 Å². The largest absolute Gasteiger partial charge is 0.315 e. The van der Waals surface area contributed by atoms with E-state index < -0.39 is 0 Å². The molecular formula is C10H17N3. The summed E-state index contributed by atoms with van der Waals surface area (Å²) in [5.74, 6) is 0. The van der Waals surface area contributed by atoms with Crippen LogP contribution in [0, 0.1) is 13.8 Å². The molecule has 0 radical (unpaired) electrons. The minimum atomic E-state index is 0.572. The zero-order chi connectivity index (χ0) is 9.26. The van der Waals surface area contributed by atoms with Gasteiger partial charge in [-0.05, 0) is 39.3 Å². The topological polar surface area (TPSA) is 29.9 Å². The van der Waals surface area contributed by atoms with Crippen LogP contribution in [-0.2, 0) is 0 Å². The second-order valence-electron chi connectivity index (χ2n) is 3.87. The first-order valence-corrected chi connectivity index (χ1v) is 5.01. The number of aryl methyl sites for hydroxylation is 2. The lowest BCUT2D eigenvalue weighted by atomic mass is 10.1. The van der Waals surface area contributed by atoms with Crippen LogP contribution in [0.4, 0.5) is 0 Å². The molecule has 0 aliphatic carbocycles. The summed E-state index contributed by atoms with van der Waals surface area (Å²) >= 11 is 0. The molecule has 0 amide bonds. The lowest BCUT2D eigenvalue weighted by Crippen LogP contribution is -2.32. The van der Waals surface area contributed by atoms with Crippen LogP contribution >= 0.6 is 0 Å². The zero-order valence-corrected chi connectivity index (χ0v) is 8.38. The van der Waals surface area contributed by atoms with Gasteiger partial charge >= 0.3 is 0 Å². The van der Waals surface area contributed by atoms with Gasteiger partial charge in [0.1, 0.15) is 0 Å². The van der Waals surface area contributed by atoms with E-state index >= 15 is 0 Å². The second-order valence-corrected chi connectivity index (χ2v) is 3.87. The summed E-state index contributed by atoms with van der Waals surface area (Å²) < 4.78 is 2.17. The van der Waals surface area contributed by atoms with Crippen LogP contribution in [0.3, 0.4) is 0 Å². The molecule has 1 atom stereocenters. The zero-order valence-electron chi connectivity index (χ0n) is 8.38. The average molecular weight is 179 g/mol. The molecule has 1 fully saturated rings. The first-order valence-electron chi connectivity index (χ1n) is 5.01. The summed E-state index contributed by atoms with van der Waals surface area (Å²) in [6.45, 7) is 6.42. The van der Waals surface area contributed by atoms with E-state index in [9.17, 15) is 0 Å². The molecule has 2 heterocycles. The summed E-state index contributed by atoms with van der Waals surface area (Å²) in [6, 6.07) is 2.72. The van der Waals surface area contributed by atoms with Gasteiger partial charge in [0.15, 0.2) is 0 Å². The van der Waals surface area contributed by atoms with Crippen molar-refractivity contribution in [2.75, 3.05) is 13.1 Å². The summed E-state index contributed by atoms with van der Waals surface area (Å²) in [5.41, 5.74) is 2.41. The third-order valence-electron chi connectivity index (χ3n) is 2.66. The summed E-state index contributed by atoms with van der Waals surface area (Å²) in [6.07, 6.45) is 2.53. The molecule has 0 saturated carbocycles. The Morgan fingerprint density at radius 2 is 2.38 bits per heavy atom. The smallest absolute Gasteiger partial charge is 0.0647 e. The molecule has 3 heteroatoms. The Labute approximate surface area is 79.1 Å². The molecule has 13 heavy (non-hydrogen) atoms. The highest BCUT2D eigenvalue weighted by Crippen LogP contribution is 2.18. The fourth-order valence-corrected chi connectivity index (χ4v) is 2.06. The fourth-order valence-electron chi connectivity index (χ4n) is 2.06. The number of nitrogens with zero attached hydrogens (tertiary/aromatic N) is 2. The van der Waals surface area contributed by atoms with Crippen molar-refractivity contribution >= 4 is 0 Å². The monoisotopic (exact) mass is 179 g/mol. The maximum Gasteiger partial charge on any atom is 0.0647 e. The summed E-state index contributed by atoms with van der Waals surface area (Å²) in [4.78, 5) is 0. The van der Waals surface area contributed by atoms with E-state index in [1.54, 1.807) is 0 Å². The van der Waals surface area contributed by atoms with Crippen molar-refractivity contribution < 1.29 is 0 Å². The molecular weight excluding hydrogens is 162 g/mol. The van der Waals surface area contributed by atoms with E-state index in [1.807, 2.05) is 0 Å². The van der Waals surface area contributed by atoms with E-state index in [-0.39, 0.29) is 0 Å². The first-order chi connectivity index (χ1) is 6.27. The Morgan fingerprint density at radius 1 is 1.54 bits per heavy atom. The van der Waals surface area contributed by atoms with Crippen LogP contribution < -0.4 is 5.32 Å². The number of aromatic nitrogens is 2. The van der Waals surface area contributed by atoms with Crippen LogP contribution in [0.1, 0.15) is 30.3 Å². The lowest BCUT2D eigenvalue weighted by Gasteiger charge is -2.24. The molecule has 1 saturated heterocycles. The second kappa shape index (κ2) is 3.50. The Bertz CT molecular complexity index is 284. The van der Waals surface area contributed by atoms with Crippen molar-refractivity contribution in [1.29, 1.82) is 0 Å². The van der Waals surface area contributed by atoms with E-state index in [4.69, 9.17) is 0 Å². The minimum Gasteiger partial charge on any atom is -0.315 e. The van der Waals surface area contributed by atoms with E-state index in [0.717, 1.165) is 18.8 Å². The summed E-state index contributed by atoms with van der Waals surface area (Å²) in [7, 11) is 0. The van der Waals surface area contributed by atoms with Gasteiger partial charge < -0.3 is 5.32 Å². The fraction of sp³-hybridized carbons (Fsp3) is 0.700. The van der Waals surface area contributed by atoms with Crippen LogP contribution in [0.15, 0.2) is 6.07 Å². The van der Waals surface area contributed by atoms with Crippen LogP contribution in [-0.4, -0.2) is 22.9 Å². The van der Waals surface area contributed by atoms with Gasteiger partial charge in [-0.15, -0.1) is 0 Å². The first kappa shape index (κ1) is 8.75. The quantitative estimate of drug-likeness (QED) is 0.706. The maximum atomic E-state index is 4.51. The van der Waals surface area contributed by atoms with Gasteiger partial charge in [-0.1, -0.05) is 0 Å². The Balaban J connectivity index is 2.18. The van der Waals surface area contributed by atoms with Crippen LogP contribution in [0.2, 0.25) is 0 Å².